The van der Waals surface area contributed by atoms with Crippen LogP contribution in [-0.2, 0) is 0 Å². The van der Waals surface area contributed by atoms with E-state index in [1.54, 1.807) is 6.07 Å². The molecule has 0 aliphatic rings. The van der Waals surface area contributed by atoms with Gasteiger partial charge < -0.3 is 4.98 Å². The number of aromatic nitrogens is 5. The lowest BCUT2D eigenvalue weighted by molar-refractivity contribution is 0.102. The highest BCUT2D eigenvalue weighted by Gasteiger charge is 2.11. The third-order valence-electron chi connectivity index (χ3n) is 3.14. The van der Waals surface area contributed by atoms with E-state index in [4.69, 9.17) is 0 Å². The standard InChI is InChI=1S/C12H12N6O/c1-6-7(2)13-10-4-3-8(5-9(6)10)11(19)14-12-15-17-18-16-12/h3-5,13H,1-2H3,(H2,14,15,16,17,18,19). The van der Waals surface area contributed by atoms with E-state index in [2.05, 4.69) is 30.9 Å². The molecule has 0 atom stereocenters. The van der Waals surface area contributed by atoms with E-state index in [1.807, 2.05) is 26.0 Å². The molecule has 0 bridgehead atoms. The molecule has 0 aliphatic heterocycles. The SMILES string of the molecule is Cc1[nH]c2ccc(C(=O)Nc3nn[nH]n3)cc2c1C. The molecule has 7 nitrogen and oxygen atoms in total. The first-order valence-corrected chi connectivity index (χ1v) is 5.79. The summed E-state index contributed by atoms with van der Waals surface area (Å²) in [5.41, 5.74) is 3.82. The zero-order valence-corrected chi connectivity index (χ0v) is 10.5. The van der Waals surface area contributed by atoms with Gasteiger partial charge in [-0.1, -0.05) is 5.10 Å². The molecule has 96 valence electrons. The highest BCUT2D eigenvalue weighted by Crippen LogP contribution is 2.22. The van der Waals surface area contributed by atoms with Gasteiger partial charge in [0.2, 0.25) is 0 Å². The molecule has 0 fully saturated rings. The van der Waals surface area contributed by atoms with Crippen molar-refractivity contribution in [1.29, 1.82) is 0 Å². The molecule has 0 saturated carbocycles. The third kappa shape index (κ3) is 1.95. The fraction of sp³-hybridized carbons (Fsp3) is 0.167. The molecule has 0 spiro atoms. The zero-order valence-electron chi connectivity index (χ0n) is 10.5. The Bertz CT molecular complexity index is 743. The summed E-state index contributed by atoms with van der Waals surface area (Å²) in [7, 11) is 0. The monoisotopic (exact) mass is 256 g/mol. The quantitative estimate of drug-likeness (QED) is 0.647. The Kier molecular flexibility index (Phi) is 2.52. The van der Waals surface area contributed by atoms with Crippen molar-refractivity contribution in [2.24, 2.45) is 0 Å². The first-order chi connectivity index (χ1) is 9.15. The van der Waals surface area contributed by atoms with Crippen LogP contribution in [0.1, 0.15) is 21.6 Å². The Balaban J connectivity index is 1.96. The van der Waals surface area contributed by atoms with Crippen LogP contribution in [0, 0.1) is 13.8 Å². The van der Waals surface area contributed by atoms with Gasteiger partial charge in [0.15, 0.2) is 0 Å². The van der Waals surface area contributed by atoms with Crippen molar-refractivity contribution in [1.82, 2.24) is 25.6 Å². The number of H-pyrrole nitrogens is 2. The zero-order chi connectivity index (χ0) is 13.4. The fourth-order valence-corrected chi connectivity index (χ4v) is 1.99. The summed E-state index contributed by atoms with van der Waals surface area (Å²) < 4.78 is 0. The predicted molar refractivity (Wildman–Crippen MR) is 69.9 cm³/mol. The van der Waals surface area contributed by atoms with Crippen LogP contribution in [0.5, 0.6) is 0 Å². The van der Waals surface area contributed by atoms with Gasteiger partial charge in [0.1, 0.15) is 0 Å². The molecular formula is C12H12N6O. The molecule has 0 radical (unpaired) electrons. The van der Waals surface area contributed by atoms with Gasteiger partial charge in [0.05, 0.1) is 0 Å². The van der Waals surface area contributed by atoms with Gasteiger partial charge in [0, 0.05) is 22.2 Å². The lowest BCUT2D eigenvalue weighted by atomic mass is 10.1. The first-order valence-electron chi connectivity index (χ1n) is 5.79. The maximum atomic E-state index is 12.0. The van der Waals surface area contributed by atoms with Gasteiger partial charge >= 0.3 is 0 Å². The fourth-order valence-electron chi connectivity index (χ4n) is 1.99. The molecule has 0 saturated heterocycles. The van der Waals surface area contributed by atoms with Crippen LogP contribution in [0.25, 0.3) is 10.9 Å². The Hall–Kier alpha value is -2.70. The van der Waals surface area contributed by atoms with Crippen molar-refractivity contribution >= 4 is 22.8 Å². The van der Waals surface area contributed by atoms with E-state index in [-0.39, 0.29) is 11.9 Å². The minimum Gasteiger partial charge on any atom is -0.358 e. The molecule has 7 heteroatoms. The molecule has 2 aromatic heterocycles. The highest BCUT2D eigenvalue weighted by molar-refractivity contribution is 6.05. The number of nitrogens with zero attached hydrogens (tertiary/aromatic N) is 3. The molecular weight excluding hydrogens is 244 g/mol. The molecule has 2 heterocycles. The van der Waals surface area contributed by atoms with Gasteiger partial charge in [-0.3, -0.25) is 10.1 Å². The van der Waals surface area contributed by atoms with Crippen molar-refractivity contribution < 1.29 is 4.79 Å². The molecule has 1 aromatic carbocycles. The lowest BCUT2D eigenvalue weighted by Gasteiger charge is -2.01. The van der Waals surface area contributed by atoms with Crippen molar-refractivity contribution in [2.75, 3.05) is 5.32 Å². The van der Waals surface area contributed by atoms with Gasteiger partial charge in [-0.2, -0.15) is 5.21 Å². The van der Waals surface area contributed by atoms with E-state index < -0.39 is 0 Å². The number of aryl methyl sites for hydroxylation is 2. The third-order valence-corrected chi connectivity index (χ3v) is 3.14. The highest BCUT2D eigenvalue weighted by atomic mass is 16.1. The Morgan fingerprint density at radius 3 is 2.89 bits per heavy atom. The van der Waals surface area contributed by atoms with Crippen molar-refractivity contribution in [3.63, 3.8) is 0 Å². The topological polar surface area (TPSA) is 99.4 Å². The van der Waals surface area contributed by atoms with Crippen LogP contribution < -0.4 is 5.32 Å². The summed E-state index contributed by atoms with van der Waals surface area (Å²) >= 11 is 0. The average Bonchev–Trinajstić information content (AvgIpc) is 2.99. The lowest BCUT2D eigenvalue weighted by Crippen LogP contribution is -2.12. The minimum absolute atomic E-state index is 0.159. The van der Waals surface area contributed by atoms with E-state index in [0.717, 1.165) is 22.2 Å². The number of fused-ring (bicyclic) bond motifs is 1. The largest absolute Gasteiger partial charge is 0.358 e. The van der Waals surface area contributed by atoms with E-state index in [1.165, 1.54) is 0 Å². The summed E-state index contributed by atoms with van der Waals surface area (Å²) in [6.45, 7) is 4.03. The number of hydrogen-bond donors (Lipinski definition) is 3. The van der Waals surface area contributed by atoms with Gasteiger partial charge in [-0.25, -0.2) is 0 Å². The second-order valence-electron chi connectivity index (χ2n) is 4.32. The molecule has 3 rings (SSSR count). The Morgan fingerprint density at radius 2 is 2.16 bits per heavy atom. The number of benzene rings is 1. The molecule has 1 amide bonds. The van der Waals surface area contributed by atoms with E-state index in [0.29, 0.717) is 5.56 Å². The van der Waals surface area contributed by atoms with Crippen LogP contribution in [-0.4, -0.2) is 31.5 Å². The molecule has 3 N–H and O–H groups in total. The van der Waals surface area contributed by atoms with Crippen molar-refractivity contribution in [2.45, 2.75) is 13.8 Å². The second-order valence-corrected chi connectivity index (χ2v) is 4.32. The van der Waals surface area contributed by atoms with Gasteiger partial charge in [0.25, 0.3) is 11.9 Å². The minimum atomic E-state index is -0.262. The number of anilines is 1. The molecule has 3 aromatic rings. The van der Waals surface area contributed by atoms with E-state index >= 15 is 0 Å². The van der Waals surface area contributed by atoms with Crippen molar-refractivity contribution in [3.8, 4) is 0 Å². The summed E-state index contributed by atoms with van der Waals surface area (Å²) in [6, 6.07) is 5.50. The summed E-state index contributed by atoms with van der Waals surface area (Å²) in [6.07, 6.45) is 0. The van der Waals surface area contributed by atoms with Crippen LogP contribution in [0.3, 0.4) is 0 Å². The van der Waals surface area contributed by atoms with Crippen LogP contribution >= 0.6 is 0 Å². The Morgan fingerprint density at radius 1 is 1.32 bits per heavy atom. The summed E-state index contributed by atoms with van der Waals surface area (Å²) in [5.74, 6) is -0.103. The molecule has 0 unspecified atom stereocenters. The number of hydrogen-bond acceptors (Lipinski definition) is 4. The maximum absolute atomic E-state index is 12.0. The average molecular weight is 256 g/mol. The predicted octanol–water partition coefficient (Wildman–Crippen LogP) is 1.55. The number of carbonyl (C=O) groups is 1. The van der Waals surface area contributed by atoms with Crippen LogP contribution in [0.2, 0.25) is 0 Å². The number of rotatable bonds is 2. The molecule has 0 aliphatic carbocycles. The number of tetrazole rings is 1. The van der Waals surface area contributed by atoms with Gasteiger partial charge in [-0.15, -0.1) is 5.10 Å². The maximum Gasteiger partial charge on any atom is 0.270 e. The smallest absolute Gasteiger partial charge is 0.270 e. The normalized spacial score (nSPS) is 10.8. The second kappa shape index (κ2) is 4.20. The summed E-state index contributed by atoms with van der Waals surface area (Å²) in [4.78, 5) is 15.3. The number of amides is 1. The number of aromatic amines is 2. The van der Waals surface area contributed by atoms with Crippen molar-refractivity contribution in [3.05, 3.63) is 35.0 Å². The molecule has 19 heavy (non-hydrogen) atoms. The van der Waals surface area contributed by atoms with E-state index in [9.17, 15) is 4.79 Å². The number of nitrogens with one attached hydrogen (secondary N) is 3. The van der Waals surface area contributed by atoms with Gasteiger partial charge in [-0.05, 0) is 42.8 Å². The summed E-state index contributed by atoms with van der Waals surface area (Å²) in [5, 5.41) is 16.6. The van der Waals surface area contributed by atoms with Crippen LogP contribution in [0.15, 0.2) is 18.2 Å². The van der Waals surface area contributed by atoms with Crippen LogP contribution in [0.4, 0.5) is 5.95 Å². The number of carbonyl (C=O) groups excluding carboxylic acids is 1. The Labute approximate surface area is 108 Å². The first kappa shape index (κ1) is 11.4.